The largest absolute Gasteiger partial charge is 0.481 e. The van der Waals surface area contributed by atoms with Crippen LogP contribution < -0.4 is 4.74 Å². The fourth-order valence-electron chi connectivity index (χ4n) is 1.68. The molecule has 0 saturated carbocycles. The fraction of sp³-hybridized carbons (Fsp3) is 0.417. The molecule has 0 fully saturated rings. The van der Waals surface area contributed by atoms with Gasteiger partial charge >= 0.3 is 0 Å². The molecule has 6 heteroatoms. The van der Waals surface area contributed by atoms with E-state index < -0.39 is 0 Å². The van der Waals surface area contributed by atoms with Crippen LogP contribution in [0.15, 0.2) is 18.3 Å². The number of rotatable bonds is 4. The summed E-state index contributed by atoms with van der Waals surface area (Å²) in [6, 6.07) is 3.77. The zero-order chi connectivity index (χ0) is 13.1. The van der Waals surface area contributed by atoms with E-state index in [0.29, 0.717) is 17.7 Å². The first kappa shape index (κ1) is 12.8. The minimum absolute atomic E-state index is 0.274. The number of methoxy groups -OCH3 is 1. The van der Waals surface area contributed by atoms with Crippen molar-refractivity contribution in [1.29, 1.82) is 0 Å². The molecule has 0 atom stereocenters. The molecule has 2 rings (SSSR count). The SMILES string of the molecule is COc1ccc(Cn2c(Cl)nnc2C(C)C)cn1. The molecule has 2 heterocycles. The Morgan fingerprint density at radius 1 is 1.33 bits per heavy atom. The number of hydrogen-bond acceptors (Lipinski definition) is 4. The van der Waals surface area contributed by atoms with Gasteiger partial charge in [-0.25, -0.2) is 4.98 Å². The molecule has 0 spiro atoms. The van der Waals surface area contributed by atoms with Crippen LogP contribution >= 0.6 is 11.6 Å². The average Bonchev–Trinajstić information content (AvgIpc) is 2.72. The lowest BCUT2D eigenvalue weighted by atomic mass is 10.2. The number of ether oxygens (including phenoxy) is 1. The first-order valence-corrected chi connectivity index (χ1v) is 6.07. The second-order valence-corrected chi connectivity index (χ2v) is 4.61. The summed E-state index contributed by atoms with van der Waals surface area (Å²) in [5.74, 6) is 1.74. The molecule has 2 aromatic heterocycles. The van der Waals surface area contributed by atoms with Crippen molar-refractivity contribution in [3.05, 3.63) is 35.0 Å². The highest BCUT2D eigenvalue weighted by Crippen LogP contribution is 2.18. The molecule has 0 aliphatic heterocycles. The van der Waals surface area contributed by atoms with Crippen LogP contribution in [-0.2, 0) is 6.54 Å². The molecule has 0 N–H and O–H groups in total. The van der Waals surface area contributed by atoms with Crippen molar-refractivity contribution < 1.29 is 4.74 Å². The Morgan fingerprint density at radius 3 is 2.67 bits per heavy atom. The van der Waals surface area contributed by atoms with E-state index >= 15 is 0 Å². The van der Waals surface area contributed by atoms with Gasteiger partial charge in [-0.05, 0) is 17.2 Å². The summed E-state index contributed by atoms with van der Waals surface area (Å²) in [5.41, 5.74) is 1.03. The Kier molecular flexibility index (Phi) is 3.81. The van der Waals surface area contributed by atoms with Gasteiger partial charge in [-0.15, -0.1) is 10.2 Å². The third-order valence-corrected chi connectivity index (χ3v) is 2.88. The molecule has 5 nitrogen and oxygen atoms in total. The predicted molar refractivity (Wildman–Crippen MR) is 69.0 cm³/mol. The first-order chi connectivity index (χ1) is 8.61. The highest BCUT2D eigenvalue weighted by atomic mass is 35.5. The maximum Gasteiger partial charge on any atom is 0.225 e. The molecular weight excluding hydrogens is 252 g/mol. The first-order valence-electron chi connectivity index (χ1n) is 5.69. The van der Waals surface area contributed by atoms with E-state index in [1.165, 1.54) is 0 Å². The minimum Gasteiger partial charge on any atom is -0.481 e. The van der Waals surface area contributed by atoms with Crippen molar-refractivity contribution in [1.82, 2.24) is 19.7 Å². The Morgan fingerprint density at radius 2 is 2.11 bits per heavy atom. The summed E-state index contributed by atoms with van der Waals surface area (Å²) in [6.07, 6.45) is 1.76. The number of halogens is 1. The molecule has 0 unspecified atom stereocenters. The van der Waals surface area contributed by atoms with Gasteiger partial charge < -0.3 is 4.74 Å². The minimum atomic E-state index is 0.274. The van der Waals surface area contributed by atoms with Crippen LogP contribution in [0.3, 0.4) is 0 Å². The van der Waals surface area contributed by atoms with Gasteiger partial charge in [-0.2, -0.15) is 0 Å². The topological polar surface area (TPSA) is 52.8 Å². The lowest BCUT2D eigenvalue weighted by Crippen LogP contribution is -2.07. The van der Waals surface area contributed by atoms with Gasteiger partial charge in [0.2, 0.25) is 11.2 Å². The van der Waals surface area contributed by atoms with Crippen molar-refractivity contribution in [3.8, 4) is 5.88 Å². The van der Waals surface area contributed by atoms with Crippen LogP contribution in [0.4, 0.5) is 0 Å². The van der Waals surface area contributed by atoms with Gasteiger partial charge in [0.1, 0.15) is 5.82 Å². The molecule has 0 aromatic carbocycles. The normalized spacial score (nSPS) is 10.9. The third kappa shape index (κ3) is 2.61. The number of nitrogens with zero attached hydrogens (tertiary/aromatic N) is 4. The van der Waals surface area contributed by atoms with Crippen LogP contribution in [-0.4, -0.2) is 26.9 Å². The van der Waals surface area contributed by atoms with E-state index in [1.54, 1.807) is 13.3 Å². The molecule has 0 saturated heterocycles. The van der Waals surface area contributed by atoms with Gasteiger partial charge in [-0.1, -0.05) is 19.9 Å². The molecule has 0 aliphatic rings. The highest BCUT2D eigenvalue weighted by Gasteiger charge is 2.13. The van der Waals surface area contributed by atoms with Gasteiger partial charge in [0.05, 0.1) is 13.7 Å². The van der Waals surface area contributed by atoms with Crippen molar-refractivity contribution in [2.24, 2.45) is 0 Å². The third-order valence-electron chi connectivity index (χ3n) is 2.60. The molecule has 2 aromatic rings. The maximum atomic E-state index is 6.04. The smallest absolute Gasteiger partial charge is 0.225 e. The maximum absolute atomic E-state index is 6.04. The highest BCUT2D eigenvalue weighted by molar-refractivity contribution is 6.28. The van der Waals surface area contributed by atoms with Crippen molar-refractivity contribution in [2.45, 2.75) is 26.3 Å². The van der Waals surface area contributed by atoms with E-state index in [9.17, 15) is 0 Å². The quantitative estimate of drug-likeness (QED) is 0.853. The van der Waals surface area contributed by atoms with Gasteiger partial charge in [0.25, 0.3) is 0 Å². The van der Waals surface area contributed by atoms with E-state index in [4.69, 9.17) is 16.3 Å². The Labute approximate surface area is 111 Å². The average molecular weight is 267 g/mol. The second-order valence-electron chi connectivity index (χ2n) is 4.28. The van der Waals surface area contributed by atoms with E-state index in [0.717, 1.165) is 11.4 Å². The van der Waals surface area contributed by atoms with E-state index in [-0.39, 0.29) is 5.92 Å². The fourth-order valence-corrected chi connectivity index (χ4v) is 1.86. The van der Waals surface area contributed by atoms with Gasteiger partial charge in [0.15, 0.2) is 0 Å². The lowest BCUT2D eigenvalue weighted by Gasteiger charge is -2.10. The second kappa shape index (κ2) is 5.35. The van der Waals surface area contributed by atoms with Gasteiger partial charge in [-0.3, -0.25) is 4.57 Å². The van der Waals surface area contributed by atoms with Crippen molar-refractivity contribution >= 4 is 11.6 Å². The molecule has 0 bridgehead atoms. The summed E-state index contributed by atoms with van der Waals surface area (Å²) >= 11 is 6.04. The molecule has 18 heavy (non-hydrogen) atoms. The Balaban J connectivity index is 2.25. The van der Waals surface area contributed by atoms with E-state index in [1.807, 2.05) is 16.7 Å². The van der Waals surface area contributed by atoms with Gasteiger partial charge in [0, 0.05) is 18.2 Å². The summed E-state index contributed by atoms with van der Waals surface area (Å²) < 4.78 is 6.91. The van der Waals surface area contributed by atoms with Crippen LogP contribution in [0.5, 0.6) is 5.88 Å². The molecule has 0 aliphatic carbocycles. The molecular formula is C12H15ClN4O. The number of hydrogen-bond donors (Lipinski definition) is 0. The lowest BCUT2D eigenvalue weighted by molar-refractivity contribution is 0.397. The zero-order valence-electron chi connectivity index (χ0n) is 10.6. The van der Waals surface area contributed by atoms with Crippen LogP contribution in [0.25, 0.3) is 0 Å². The summed E-state index contributed by atoms with van der Waals surface area (Å²) in [4.78, 5) is 4.16. The van der Waals surface area contributed by atoms with Crippen LogP contribution in [0, 0.1) is 0 Å². The Hall–Kier alpha value is -1.62. The Bertz CT molecular complexity index is 521. The standard InChI is InChI=1S/C12H15ClN4O/c1-8(2)11-15-16-12(13)17(11)7-9-4-5-10(18-3)14-6-9/h4-6,8H,7H2,1-3H3. The summed E-state index contributed by atoms with van der Waals surface area (Å²) in [7, 11) is 1.59. The predicted octanol–water partition coefficient (Wildman–Crippen LogP) is 2.51. The van der Waals surface area contributed by atoms with Crippen molar-refractivity contribution in [2.75, 3.05) is 7.11 Å². The number of pyridine rings is 1. The molecule has 96 valence electrons. The molecule has 0 amide bonds. The number of aromatic nitrogens is 4. The van der Waals surface area contributed by atoms with E-state index in [2.05, 4.69) is 29.0 Å². The van der Waals surface area contributed by atoms with Crippen LogP contribution in [0.1, 0.15) is 31.2 Å². The monoisotopic (exact) mass is 266 g/mol. The summed E-state index contributed by atoms with van der Waals surface area (Å²) in [6.45, 7) is 4.72. The van der Waals surface area contributed by atoms with Crippen molar-refractivity contribution in [3.63, 3.8) is 0 Å². The summed E-state index contributed by atoms with van der Waals surface area (Å²) in [5, 5.41) is 8.38. The van der Waals surface area contributed by atoms with Crippen LogP contribution in [0.2, 0.25) is 5.28 Å². The zero-order valence-corrected chi connectivity index (χ0v) is 11.3. The molecule has 0 radical (unpaired) electrons.